The maximum atomic E-state index is 14.6. The van der Waals surface area contributed by atoms with Crippen LogP contribution in [0.1, 0.15) is 0 Å². The Bertz CT molecular complexity index is 1260. The van der Waals surface area contributed by atoms with Gasteiger partial charge < -0.3 is 5.32 Å². The van der Waals surface area contributed by atoms with Crippen LogP contribution in [0.25, 0.3) is 17.1 Å². The number of nitrogens with one attached hydrogen (secondary N) is 1. The average molecular weight is 491 g/mol. The van der Waals surface area contributed by atoms with Gasteiger partial charge in [0.2, 0.25) is 5.91 Å². The van der Waals surface area contributed by atoms with Gasteiger partial charge >= 0.3 is 0 Å². The summed E-state index contributed by atoms with van der Waals surface area (Å²) in [4.78, 5) is 12.5. The first-order valence-corrected chi connectivity index (χ1v) is 11.0. The van der Waals surface area contributed by atoms with Gasteiger partial charge in [-0.1, -0.05) is 71.4 Å². The van der Waals surface area contributed by atoms with Crippen LogP contribution in [0, 0.1) is 11.6 Å². The molecule has 0 spiro atoms. The molecule has 0 atom stereocenters. The Morgan fingerprint density at radius 2 is 1.69 bits per heavy atom. The summed E-state index contributed by atoms with van der Waals surface area (Å²) in [7, 11) is 0. The highest BCUT2D eigenvalue weighted by molar-refractivity contribution is 7.99. The van der Waals surface area contributed by atoms with Crippen molar-refractivity contribution in [2.75, 3.05) is 11.1 Å². The fourth-order valence-corrected chi connectivity index (χ4v) is 4.18. The van der Waals surface area contributed by atoms with E-state index in [4.69, 9.17) is 23.2 Å². The first kappa shape index (κ1) is 22.3. The van der Waals surface area contributed by atoms with Crippen molar-refractivity contribution in [2.45, 2.75) is 5.16 Å². The summed E-state index contributed by atoms with van der Waals surface area (Å²) in [6, 6.07) is 17.2. The molecule has 0 radical (unpaired) electrons. The van der Waals surface area contributed by atoms with Crippen LogP contribution < -0.4 is 5.32 Å². The molecule has 0 aliphatic rings. The van der Waals surface area contributed by atoms with Crippen LogP contribution in [0.5, 0.6) is 0 Å². The van der Waals surface area contributed by atoms with E-state index >= 15 is 0 Å². The molecule has 0 bridgehead atoms. The highest BCUT2D eigenvalue weighted by Gasteiger charge is 2.20. The molecule has 5 nitrogen and oxygen atoms in total. The lowest BCUT2D eigenvalue weighted by atomic mass is 10.2. The van der Waals surface area contributed by atoms with Crippen LogP contribution in [0.15, 0.2) is 71.9 Å². The molecule has 4 aromatic rings. The van der Waals surface area contributed by atoms with Crippen molar-refractivity contribution < 1.29 is 13.6 Å². The summed E-state index contributed by atoms with van der Waals surface area (Å²) in [5.41, 5.74) is 1.05. The van der Waals surface area contributed by atoms with Gasteiger partial charge in [0.25, 0.3) is 0 Å². The number of para-hydroxylation sites is 1. The van der Waals surface area contributed by atoms with Crippen molar-refractivity contribution in [1.82, 2.24) is 14.8 Å². The second kappa shape index (κ2) is 9.68. The normalized spacial score (nSPS) is 10.9. The number of nitrogens with zero attached hydrogens (tertiary/aromatic N) is 3. The van der Waals surface area contributed by atoms with Crippen LogP contribution >= 0.6 is 35.0 Å². The Morgan fingerprint density at radius 3 is 2.38 bits per heavy atom. The van der Waals surface area contributed by atoms with E-state index in [1.807, 2.05) is 18.2 Å². The van der Waals surface area contributed by atoms with Crippen molar-refractivity contribution in [3.8, 4) is 17.1 Å². The average Bonchev–Trinajstić information content (AvgIpc) is 3.19. The number of carbonyl (C=O) groups is 1. The molecule has 0 aliphatic carbocycles. The Labute approximate surface area is 196 Å². The SMILES string of the molecule is O=C(CSc1nnc(-c2ccccc2)n1-c1ccc(F)cc1F)Nc1c(Cl)cccc1Cl. The number of anilines is 1. The lowest BCUT2D eigenvalue weighted by Crippen LogP contribution is -2.15. The van der Waals surface area contributed by atoms with Gasteiger partial charge in [-0.05, 0) is 24.3 Å². The molecule has 162 valence electrons. The number of thioether (sulfide) groups is 1. The van der Waals surface area contributed by atoms with Crippen LogP contribution in [0.3, 0.4) is 0 Å². The minimum atomic E-state index is -0.781. The lowest BCUT2D eigenvalue weighted by molar-refractivity contribution is -0.113. The molecule has 1 heterocycles. The molecule has 1 aromatic heterocycles. The summed E-state index contributed by atoms with van der Waals surface area (Å²) in [5.74, 6) is -1.59. The molecule has 3 aromatic carbocycles. The fourth-order valence-electron chi connectivity index (χ4n) is 2.94. The monoisotopic (exact) mass is 490 g/mol. The Balaban J connectivity index is 1.64. The number of amides is 1. The van der Waals surface area contributed by atoms with Gasteiger partial charge in [-0.15, -0.1) is 10.2 Å². The zero-order valence-electron chi connectivity index (χ0n) is 16.2. The van der Waals surface area contributed by atoms with E-state index in [1.54, 1.807) is 30.3 Å². The third-order valence-electron chi connectivity index (χ3n) is 4.38. The van der Waals surface area contributed by atoms with E-state index in [1.165, 1.54) is 10.6 Å². The zero-order valence-corrected chi connectivity index (χ0v) is 18.6. The van der Waals surface area contributed by atoms with Gasteiger partial charge in [0, 0.05) is 11.6 Å². The van der Waals surface area contributed by atoms with Gasteiger partial charge in [0.15, 0.2) is 11.0 Å². The number of aromatic nitrogens is 3. The van der Waals surface area contributed by atoms with Crippen molar-refractivity contribution in [1.29, 1.82) is 0 Å². The van der Waals surface area contributed by atoms with Gasteiger partial charge in [-0.25, -0.2) is 8.78 Å². The molecule has 1 N–H and O–H groups in total. The molecule has 0 fully saturated rings. The second-order valence-electron chi connectivity index (χ2n) is 6.54. The van der Waals surface area contributed by atoms with Crippen LogP contribution in [-0.2, 0) is 4.79 Å². The molecule has 0 saturated carbocycles. The molecule has 0 saturated heterocycles. The van der Waals surface area contributed by atoms with Crippen molar-refractivity contribution in [3.63, 3.8) is 0 Å². The number of halogens is 4. The molecule has 0 unspecified atom stereocenters. The largest absolute Gasteiger partial charge is 0.323 e. The summed E-state index contributed by atoms with van der Waals surface area (Å²) in [6.07, 6.45) is 0. The summed E-state index contributed by atoms with van der Waals surface area (Å²) < 4.78 is 29.6. The Hall–Kier alpha value is -2.94. The van der Waals surface area contributed by atoms with E-state index in [9.17, 15) is 13.6 Å². The third-order valence-corrected chi connectivity index (χ3v) is 5.93. The predicted molar refractivity (Wildman–Crippen MR) is 123 cm³/mol. The molecule has 0 aliphatic heterocycles. The van der Waals surface area contributed by atoms with Crippen LogP contribution in [0.2, 0.25) is 10.0 Å². The van der Waals surface area contributed by atoms with Crippen LogP contribution in [-0.4, -0.2) is 26.4 Å². The quantitative estimate of drug-likeness (QED) is 0.324. The minimum absolute atomic E-state index is 0.0623. The number of benzene rings is 3. The maximum absolute atomic E-state index is 14.6. The Kier molecular flexibility index (Phi) is 6.74. The first-order chi connectivity index (χ1) is 15.4. The van der Waals surface area contributed by atoms with E-state index in [2.05, 4.69) is 15.5 Å². The van der Waals surface area contributed by atoms with Gasteiger partial charge in [0.1, 0.15) is 11.6 Å². The number of rotatable bonds is 6. The van der Waals surface area contributed by atoms with Gasteiger partial charge in [-0.2, -0.15) is 0 Å². The summed E-state index contributed by atoms with van der Waals surface area (Å²) in [5, 5.41) is 11.8. The Morgan fingerprint density at radius 1 is 0.969 bits per heavy atom. The lowest BCUT2D eigenvalue weighted by Gasteiger charge is -2.12. The van der Waals surface area contributed by atoms with Gasteiger partial charge in [0.05, 0.1) is 27.2 Å². The summed E-state index contributed by atoms with van der Waals surface area (Å²) in [6.45, 7) is 0. The molecule has 32 heavy (non-hydrogen) atoms. The number of hydrogen-bond donors (Lipinski definition) is 1. The van der Waals surface area contributed by atoms with E-state index in [-0.39, 0.29) is 22.5 Å². The molecule has 1 amide bonds. The molecule has 4 rings (SSSR count). The number of hydrogen-bond acceptors (Lipinski definition) is 4. The van der Waals surface area contributed by atoms with E-state index in [0.29, 0.717) is 27.1 Å². The molecular formula is C22H14Cl2F2N4OS. The van der Waals surface area contributed by atoms with Crippen LogP contribution in [0.4, 0.5) is 14.5 Å². The summed E-state index contributed by atoms with van der Waals surface area (Å²) >= 11 is 13.2. The first-order valence-electron chi connectivity index (χ1n) is 9.27. The second-order valence-corrected chi connectivity index (χ2v) is 8.29. The minimum Gasteiger partial charge on any atom is -0.323 e. The molecule has 10 heteroatoms. The zero-order chi connectivity index (χ0) is 22.7. The smallest absolute Gasteiger partial charge is 0.234 e. The third kappa shape index (κ3) is 4.77. The standard InChI is InChI=1S/C22H14Cl2F2N4OS/c23-15-7-4-8-16(24)20(15)27-19(31)12-32-22-29-28-21(13-5-2-1-3-6-13)30(22)18-10-9-14(25)11-17(18)26/h1-11H,12H2,(H,27,31). The maximum Gasteiger partial charge on any atom is 0.234 e. The molecular weight excluding hydrogens is 477 g/mol. The number of carbonyl (C=O) groups excluding carboxylic acids is 1. The predicted octanol–water partition coefficient (Wildman–Crippen LogP) is 6.25. The fraction of sp³-hybridized carbons (Fsp3) is 0.0455. The van der Waals surface area contributed by atoms with E-state index in [0.717, 1.165) is 23.9 Å². The highest BCUT2D eigenvalue weighted by Crippen LogP contribution is 2.32. The van der Waals surface area contributed by atoms with Crippen molar-refractivity contribution >= 4 is 46.6 Å². The topological polar surface area (TPSA) is 59.8 Å². The van der Waals surface area contributed by atoms with Crippen molar-refractivity contribution in [2.24, 2.45) is 0 Å². The van der Waals surface area contributed by atoms with Crippen molar-refractivity contribution in [3.05, 3.63) is 88.4 Å². The highest BCUT2D eigenvalue weighted by atomic mass is 35.5. The van der Waals surface area contributed by atoms with E-state index < -0.39 is 11.6 Å². The van der Waals surface area contributed by atoms with Gasteiger partial charge in [-0.3, -0.25) is 9.36 Å².